The Bertz CT molecular complexity index is 1240. The van der Waals surface area contributed by atoms with Crippen LogP contribution in [0.5, 0.6) is 0 Å². The third-order valence-electron chi connectivity index (χ3n) is 4.45. The van der Waals surface area contributed by atoms with Crippen molar-refractivity contribution in [3.05, 3.63) is 110 Å². The topological polar surface area (TPSA) is 95.3 Å². The first-order valence-electron chi connectivity index (χ1n) is 8.49. The van der Waals surface area contributed by atoms with Crippen LogP contribution in [0.2, 0.25) is 0 Å². The van der Waals surface area contributed by atoms with Crippen molar-refractivity contribution in [1.29, 1.82) is 0 Å². The maximum absolute atomic E-state index is 12.7. The average Bonchev–Trinajstić information content (AvgIpc) is 3.02. The molecule has 0 aliphatic carbocycles. The van der Waals surface area contributed by atoms with E-state index in [1.165, 1.54) is 34.9 Å². The van der Waals surface area contributed by atoms with Crippen molar-refractivity contribution in [1.82, 2.24) is 4.57 Å². The average molecular weight is 374 g/mol. The van der Waals surface area contributed by atoms with Crippen molar-refractivity contribution in [3.8, 4) is 0 Å². The minimum Gasteiger partial charge on any atom is -0.408 e. The first kappa shape index (κ1) is 17.4. The van der Waals surface area contributed by atoms with Gasteiger partial charge in [0.2, 0.25) is 0 Å². The van der Waals surface area contributed by atoms with Gasteiger partial charge in [-0.25, -0.2) is 4.79 Å². The van der Waals surface area contributed by atoms with Gasteiger partial charge in [-0.1, -0.05) is 30.3 Å². The van der Waals surface area contributed by atoms with Crippen molar-refractivity contribution in [2.75, 3.05) is 0 Å². The van der Waals surface area contributed by atoms with E-state index in [-0.39, 0.29) is 11.5 Å². The summed E-state index contributed by atoms with van der Waals surface area (Å²) in [6, 6.07) is 19.7. The molecule has 7 heteroatoms. The Morgan fingerprint density at radius 2 is 1.64 bits per heavy atom. The molecule has 4 rings (SSSR count). The number of benzene rings is 3. The van der Waals surface area contributed by atoms with Crippen LogP contribution in [0.3, 0.4) is 0 Å². The maximum atomic E-state index is 12.7. The fourth-order valence-electron chi connectivity index (χ4n) is 3.02. The van der Waals surface area contributed by atoms with E-state index in [4.69, 9.17) is 4.42 Å². The molecular weight excluding hydrogens is 360 g/mol. The number of oxazole rings is 1. The highest BCUT2D eigenvalue weighted by Gasteiger charge is 2.15. The van der Waals surface area contributed by atoms with Gasteiger partial charge in [0.1, 0.15) is 0 Å². The van der Waals surface area contributed by atoms with E-state index >= 15 is 0 Å². The van der Waals surface area contributed by atoms with E-state index in [1.807, 2.05) is 30.3 Å². The minimum atomic E-state index is -0.523. The van der Waals surface area contributed by atoms with Gasteiger partial charge in [-0.3, -0.25) is 19.5 Å². The molecule has 0 fully saturated rings. The molecule has 0 spiro atoms. The van der Waals surface area contributed by atoms with Gasteiger partial charge >= 0.3 is 5.76 Å². The summed E-state index contributed by atoms with van der Waals surface area (Å²) in [5, 5.41) is 10.7. The zero-order chi connectivity index (χ0) is 19.7. The molecule has 0 aliphatic heterocycles. The van der Waals surface area contributed by atoms with Crippen LogP contribution in [-0.2, 0) is 6.54 Å². The van der Waals surface area contributed by atoms with Gasteiger partial charge < -0.3 is 4.42 Å². The number of nitro groups is 1. The predicted octanol–water partition coefficient (Wildman–Crippen LogP) is 3.78. The molecule has 0 aliphatic rings. The molecule has 0 bridgehead atoms. The third kappa shape index (κ3) is 3.21. The Kier molecular flexibility index (Phi) is 4.33. The summed E-state index contributed by atoms with van der Waals surface area (Å²) in [7, 11) is 0. The molecule has 0 saturated heterocycles. The zero-order valence-corrected chi connectivity index (χ0v) is 14.6. The number of aromatic nitrogens is 1. The second-order valence-electron chi connectivity index (χ2n) is 6.26. The summed E-state index contributed by atoms with van der Waals surface area (Å²) in [6.45, 7) is 0.363. The van der Waals surface area contributed by atoms with Crippen molar-refractivity contribution in [3.63, 3.8) is 0 Å². The number of rotatable bonds is 5. The lowest BCUT2D eigenvalue weighted by Gasteiger charge is -2.04. The molecule has 28 heavy (non-hydrogen) atoms. The van der Waals surface area contributed by atoms with Gasteiger partial charge in [0.05, 0.1) is 17.0 Å². The number of carbonyl (C=O) groups excluding carboxylic acids is 1. The first-order valence-corrected chi connectivity index (χ1v) is 8.49. The van der Waals surface area contributed by atoms with E-state index in [0.29, 0.717) is 28.8 Å². The predicted molar refractivity (Wildman–Crippen MR) is 103 cm³/mol. The Hall–Kier alpha value is -4.00. The van der Waals surface area contributed by atoms with E-state index in [2.05, 4.69) is 0 Å². The lowest BCUT2D eigenvalue weighted by atomic mass is 10.0. The quantitative estimate of drug-likeness (QED) is 0.301. The fraction of sp³-hybridized carbons (Fsp3) is 0.0476. The molecule has 3 aromatic carbocycles. The molecule has 0 radical (unpaired) electrons. The number of hydrogen-bond donors (Lipinski definition) is 0. The summed E-state index contributed by atoms with van der Waals surface area (Å²) in [5.41, 5.74) is 2.43. The van der Waals surface area contributed by atoms with Crippen LogP contribution in [0, 0.1) is 10.1 Å². The SMILES string of the molecule is O=C(c1ccc([N+](=O)[O-])cc1)c1ccc2c(c1)oc(=O)n2Cc1ccccc1. The van der Waals surface area contributed by atoms with Gasteiger partial charge in [-0.15, -0.1) is 0 Å². The van der Waals surface area contributed by atoms with Crippen LogP contribution in [0.1, 0.15) is 21.5 Å². The summed E-state index contributed by atoms with van der Waals surface area (Å²) >= 11 is 0. The van der Waals surface area contributed by atoms with Gasteiger partial charge in [0, 0.05) is 23.3 Å². The maximum Gasteiger partial charge on any atom is 0.420 e. The normalized spacial score (nSPS) is 10.9. The molecule has 1 aromatic heterocycles. The molecule has 0 saturated carbocycles. The largest absolute Gasteiger partial charge is 0.420 e. The highest BCUT2D eigenvalue weighted by molar-refractivity contribution is 6.10. The van der Waals surface area contributed by atoms with Crippen molar-refractivity contribution in [2.24, 2.45) is 0 Å². The van der Waals surface area contributed by atoms with Gasteiger partial charge in [-0.05, 0) is 35.9 Å². The smallest absolute Gasteiger partial charge is 0.408 e. The highest BCUT2D eigenvalue weighted by Crippen LogP contribution is 2.20. The van der Waals surface area contributed by atoms with Crippen molar-refractivity contribution >= 4 is 22.6 Å². The fourth-order valence-corrected chi connectivity index (χ4v) is 3.02. The monoisotopic (exact) mass is 374 g/mol. The standard InChI is InChI=1S/C21H14N2O5/c24-20(15-6-9-17(10-7-15)23(26)27)16-8-11-18-19(12-16)28-21(25)22(18)13-14-4-2-1-3-5-14/h1-12H,13H2. The molecule has 7 nitrogen and oxygen atoms in total. The second kappa shape index (κ2) is 6.96. The Labute approximate surface area is 158 Å². The summed E-state index contributed by atoms with van der Waals surface area (Å²) in [6.07, 6.45) is 0. The molecule has 138 valence electrons. The third-order valence-corrected chi connectivity index (χ3v) is 4.45. The Morgan fingerprint density at radius 1 is 0.964 bits per heavy atom. The van der Waals surface area contributed by atoms with Crippen LogP contribution in [-0.4, -0.2) is 15.3 Å². The summed E-state index contributed by atoms with van der Waals surface area (Å²) in [5.74, 6) is -0.811. The number of carbonyl (C=O) groups is 1. The van der Waals surface area contributed by atoms with Crippen LogP contribution < -0.4 is 5.76 Å². The lowest BCUT2D eigenvalue weighted by Crippen LogP contribution is -2.14. The van der Waals surface area contributed by atoms with E-state index in [1.54, 1.807) is 12.1 Å². The molecular formula is C21H14N2O5. The van der Waals surface area contributed by atoms with Crippen LogP contribution in [0.25, 0.3) is 11.1 Å². The van der Waals surface area contributed by atoms with Crippen molar-refractivity contribution in [2.45, 2.75) is 6.54 Å². The van der Waals surface area contributed by atoms with Crippen LogP contribution in [0.15, 0.2) is 82.0 Å². The number of nitro benzene ring substituents is 1. The van der Waals surface area contributed by atoms with Crippen LogP contribution >= 0.6 is 0 Å². The van der Waals surface area contributed by atoms with E-state index < -0.39 is 10.7 Å². The van der Waals surface area contributed by atoms with Gasteiger partial charge in [-0.2, -0.15) is 0 Å². The Balaban J connectivity index is 1.67. The van der Waals surface area contributed by atoms with Crippen molar-refractivity contribution < 1.29 is 14.1 Å². The number of non-ortho nitro benzene ring substituents is 1. The van der Waals surface area contributed by atoms with Gasteiger partial charge in [0.25, 0.3) is 5.69 Å². The Morgan fingerprint density at radius 3 is 2.32 bits per heavy atom. The number of nitrogens with zero attached hydrogens (tertiary/aromatic N) is 2. The minimum absolute atomic E-state index is 0.0870. The number of fused-ring (bicyclic) bond motifs is 1. The zero-order valence-electron chi connectivity index (χ0n) is 14.6. The lowest BCUT2D eigenvalue weighted by molar-refractivity contribution is -0.384. The first-order chi connectivity index (χ1) is 13.5. The molecule has 0 unspecified atom stereocenters. The van der Waals surface area contributed by atoms with Gasteiger partial charge in [0.15, 0.2) is 11.4 Å². The number of ketones is 1. The molecule has 0 N–H and O–H groups in total. The summed E-state index contributed by atoms with van der Waals surface area (Å²) < 4.78 is 6.82. The van der Waals surface area contributed by atoms with E-state index in [9.17, 15) is 19.7 Å². The van der Waals surface area contributed by atoms with Crippen LogP contribution in [0.4, 0.5) is 5.69 Å². The second-order valence-corrected chi connectivity index (χ2v) is 6.26. The number of hydrogen-bond acceptors (Lipinski definition) is 5. The molecule has 0 amide bonds. The highest BCUT2D eigenvalue weighted by atomic mass is 16.6. The molecule has 1 heterocycles. The molecule has 0 atom stereocenters. The van der Waals surface area contributed by atoms with E-state index in [0.717, 1.165) is 5.56 Å². The molecule has 4 aromatic rings. The summed E-state index contributed by atoms with van der Waals surface area (Å²) in [4.78, 5) is 35.1.